The van der Waals surface area contributed by atoms with Crippen LogP contribution >= 0.6 is 0 Å². The number of likely N-dealkylation sites (tertiary alicyclic amines) is 1. The maximum Gasteiger partial charge on any atom is 0.150 e. The van der Waals surface area contributed by atoms with E-state index in [0.717, 1.165) is 18.3 Å². The number of aryl methyl sites for hydroxylation is 1. The van der Waals surface area contributed by atoms with Crippen molar-refractivity contribution >= 4 is 0 Å². The summed E-state index contributed by atoms with van der Waals surface area (Å²) < 4.78 is 2.30. The molecule has 0 spiro atoms. The van der Waals surface area contributed by atoms with Gasteiger partial charge in [0, 0.05) is 19.1 Å². The lowest BCUT2D eigenvalue weighted by atomic mass is 10.0. The van der Waals surface area contributed by atoms with Gasteiger partial charge in [0.25, 0.3) is 0 Å². The maximum atomic E-state index is 4.41. The molecule has 5 heteroatoms. The summed E-state index contributed by atoms with van der Waals surface area (Å²) in [5.74, 6) is 3.25. The molecule has 2 aliphatic heterocycles. The van der Waals surface area contributed by atoms with Gasteiger partial charge >= 0.3 is 0 Å². The number of fused-ring (bicyclic) bond motifs is 1. The molecule has 0 aromatic carbocycles. The topological polar surface area (TPSA) is 46.0 Å². The monoisotopic (exact) mass is 289 g/mol. The molecule has 0 unspecified atom stereocenters. The largest absolute Gasteiger partial charge is 0.314 e. The first-order chi connectivity index (χ1) is 10.3. The SMILES string of the molecule is Cc1nnc2n1CCC[C@@H]2NC1CCN(CC2CC2)CC1. The van der Waals surface area contributed by atoms with Gasteiger partial charge in [-0.05, 0) is 64.5 Å². The number of piperidine rings is 1. The highest BCUT2D eigenvalue weighted by atomic mass is 15.3. The second-order valence-electron chi connectivity index (χ2n) is 7.14. The summed E-state index contributed by atoms with van der Waals surface area (Å²) in [6.45, 7) is 7.05. The van der Waals surface area contributed by atoms with Gasteiger partial charge in [0.05, 0.1) is 6.04 Å². The molecule has 4 rings (SSSR count). The van der Waals surface area contributed by atoms with Crippen molar-refractivity contribution < 1.29 is 0 Å². The molecule has 3 aliphatic rings. The molecule has 1 atom stereocenters. The van der Waals surface area contributed by atoms with E-state index in [4.69, 9.17) is 0 Å². The Morgan fingerprint density at radius 3 is 2.62 bits per heavy atom. The van der Waals surface area contributed by atoms with Crippen LogP contribution in [-0.4, -0.2) is 45.3 Å². The first-order valence-electron chi connectivity index (χ1n) is 8.67. The third-order valence-electron chi connectivity index (χ3n) is 5.39. The van der Waals surface area contributed by atoms with Crippen LogP contribution < -0.4 is 5.32 Å². The lowest BCUT2D eigenvalue weighted by Gasteiger charge is -2.35. The Bertz CT molecular complexity index is 485. The molecule has 1 aliphatic carbocycles. The third kappa shape index (κ3) is 2.99. The number of hydrogen-bond acceptors (Lipinski definition) is 4. The zero-order valence-corrected chi connectivity index (χ0v) is 13.1. The van der Waals surface area contributed by atoms with Crippen LogP contribution in [0.25, 0.3) is 0 Å². The summed E-state index contributed by atoms with van der Waals surface area (Å²) in [6.07, 6.45) is 7.96. The molecule has 2 fully saturated rings. The molecular formula is C16H27N5. The number of nitrogens with one attached hydrogen (secondary N) is 1. The van der Waals surface area contributed by atoms with Gasteiger partial charge in [-0.25, -0.2) is 0 Å². The van der Waals surface area contributed by atoms with Crippen LogP contribution in [0, 0.1) is 12.8 Å². The smallest absolute Gasteiger partial charge is 0.150 e. The summed E-state index contributed by atoms with van der Waals surface area (Å²) in [7, 11) is 0. The zero-order valence-electron chi connectivity index (χ0n) is 13.1. The van der Waals surface area contributed by atoms with Gasteiger partial charge in [-0.1, -0.05) is 0 Å². The number of rotatable bonds is 4. The van der Waals surface area contributed by atoms with Crippen LogP contribution in [-0.2, 0) is 6.54 Å². The zero-order chi connectivity index (χ0) is 14.2. The molecule has 1 aromatic rings. The average molecular weight is 289 g/mol. The highest BCUT2D eigenvalue weighted by Crippen LogP contribution is 2.31. The Morgan fingerprint density at radius 1 is 1.05 bits per heavy atom. The van der Waals surface area contributed by atoms with Gasteiger partial charge in [0.1, 0.15) is 11.6 Å². The van der Waals surface area contributed by atoms with Crippen molar-refractivity contribution in [1.82, 2.24) is 25.0 Å². The first kappa shape index (κ1) is 13.7. The Labute approximate surface area is 127 Å². The Morgan fingerprint density at radius 2 is 1.86 bits per heavy atom. The summed E-state index contributed by atoms with van der Waals surface area (Å²) in [4.78, 5) is 2.67. The van der Waals surface area contributed by atoms with E-state index in [1.54, 1.807) is 0 Å². The number of aromatic nitrogens is 3. The second kappa shape index (κ2) is 5.69. The van der Waals surface area contributed by atoms with Crippen molar-refractivity contribution in [2.24, 2.45) is 5.92 Å². The van der Waals surface area contributed by atoms with Crippen LogP contribution in [0.2, 0.25) is 0 Å². The summed E-state index contributed by atoms with van der Waals surface area (Å²) in [5.41, 5.74) is 0. The van der Waals surface area contributed by atoms with Crippen molar-refractivity contribution in [1.29, 1.82) is 0 Å². The van der Waals surface area contributed by atoms with E-state index in [-0.39, 0.29) is 0 Å². The highest BCUT2D eigenvalue weighted by molar-refractivity contribution is 5.04. The van der Waals surface area contributed by atoms with Crippen molar-refractivity contribution in [2.45, 2.75) is 64.1 Å². The molecule has 1 saturated carbocycles. The lowest BCUT2D eigenvalue weighted by Crippen LogP contribution is -2.45. The van der Waals surface area contributed by atoms with E-state index in [0.29, 0.717) is 12.1 Å². The average Bonchev–Trinajstić information content (AvgIpc) is 3.24. The van der Waals surface area contributed by atoms with Crippen molar-refractivity contribution in [3.05, 3.63) is 11.6 Å². The van der Waals surface area contributed by atoms with Gasteiger partial charge < -0.3 is 14.8 Å². The van der Waals surface area contributed by atoms with E-state index in [9.17, 15) is 0 Å². The van der Waals surface area contributed by atoms with Crippen molar-refractivity contribution in [3.63, 3.8) is 0 Å². The van der Waals surface area contributed by atoms with Crippen LogP contribution in [0.4, 0.5) is 0 Å². The molecule has 1 N–H and O–H groups in total. The minimum absolute atomic E-state index is 0.417. The molecule has 21 heavy (non-hydrogen) atoms. The van der Waals surface area contributed by atoms with Gasteiger partial charge in [-0.3, -0.25) is 0 Å². The number of hydrogen-bond donors (Lipinski definition) is 1. The lowest BCUT2D eigenvalue weighted by molar-refractivity contribution is 0.179. The summed E-state index contributed by atoms with van der Waals surface area (Å²) >= 11 is 0. The molecule has 116 valence electrons. The van der Waals surface area contributed by atoms with Gasteiger partial charge in [-0.2, -0.15) is 0 Å². The normalized spacial score (nSPS) is 27.8. The first-order valence-corrected chi connectivity index (χ1v) is 8.67. The molecule has 3 heterocycles. The minimum atomic E-state index is 0.417. The second-order valence-corrected chi connectivity index (χ2v) is 7.14. The Kier molecular flexibility index (Phi) is 3.71. The van der Waals surface area contributed by atoms with E-state index in [2.05, 4.69) is 31.9 Å². The third-order valence-corrected chi connectivity index (χ3v) is 5.39. The quantitative estimate of drug-likeness (QED) is 0.919. The predicted molar refractivity (Wildman–Crippen MR) is 82.1 cm³/mol. The van der Waals surface area contributed by atoms with E-state index < -0.39 is 0 Å². The van der Waals surface area contributed by atoms with Crippen LogP contribution in [0.1, 0.15) is 56.2 Å². The molecule has 1 saturated heterocycles. The van der Waals surface area contributed by atoms with Crippen LogP contribution in [0.3, 0.4) is 0 Å². The molecule has 5 nitrogen and oxygen atoms in total. The molecular weight excluding hydrogens is 262 g/mol. The van der Waals surface area contributed by atoms with Gasteiger partial charge in [0.2, 0.25) is 0 Å². The van der Waals surface area contributed by atoms with Gasteiger partial charge in [0.15, 0.2) is 0 Å². The standard InChI is InChI=1S/C16H27N5/c1-12-18-19-16-15(3-2-8-21(12)16)17-14-6-9-20(10-7-14)11-13-4-5-13/h13-15,17H,2-11H2,1H3/t15-/m0/s1. The van der Waals surface area contributed by atoms with Crippen LogP contribution in [0.15, 0.2) is 0 Å². The predicted octanol–water partition coefficient (Wildman–Crippen LogP) is 1.89. The Hall–Kier alpha value is -0.940. The Balaban J connectivity index is 1.32. The van der Waals surface area contributed by atoms with E-state index >= 15 is 0 Å². The van der Waals surface area contributed by atoms with E-state index in [1.807, 2.05) is 0 Å². The molecule has 1 aromatic heterocycles. The molecule has 0 bridgehead atoms. The van der Waals surface area contributed by atoms with Crippen LogP contribution in [0.5, 0.6) is 0 Å². The molecule has 0 radical (unpaired) electrons. The maximum absolute atomic E-state index is 4.41. The fourth-order valence-corrected chi connectivity index (χ4v) is 3.90. The molecule has 0 amide bonds. The van der Waals surface area contributed by atoms with Crippen molar-refractivity contribution in [2.75, 3.05) is 19.6 Å². The minimum Gasteiger partial charge on any atom is -0.314 e. The fourth-order valence-electron chi connectivity index (χ4n) is 3.90. The fraction of sp³-hybridized carbons (Fsp3) is 0.875. The highest BCUT2D eigenvalue weighted by Gasteiger charge is 2.30. The van der Waals surface area contributed by atoms with Crippen molar-refractivity contribution in [3.8, 4) is 0 Å². The summed E-state index contributed by atoms with van der Waals surface area (Å²) in [6, 6.07) is 1.08. The van der Waals surface area contributed by atoms with Gasteiger partial charge in [-0.15, -0.1) is 10.2 Å². The number of nitrogens with zero attached hydrogens (tertiary/aromatic N) is 4. The van der Waals surface area contributed by atoms with E-state index in [1.165, 1.54) is 64.0 Å². The summed E-state index contributed by atoms with van der Waals surface area (Å²) in [5, 5.41) is 12.5.